The average molecular weight is 317 g/mol. The summed E-state index contributed by atoms with van der Waals surface area (Å²) in [6, 6.07) is 13.4. The Labute approximate surface area is 132 Å². The molecular weight excluding hydrogens is 301 g/mol. The molecule has 0 unspecified atom stereocenters. The highest BCUT2D eigenvalue weighted by atomic mass is 32.2. The predicted octanol–water partition coefficient (Wildman–Crippen LogP) is 3.69. The van der Waals surface area contributed by atoms with E-state index in [2.05, 4.69) is 5.32 Å². The van der Waals surface area contributed by atoms with Gasteiger partial charge in [-0.15, -0.1) is 11.8 Å². The molecule has 0 heterocycles. The summed E-state index contributed by atoms with van der Waals surface area (Å²) in [5.74, 6) is -0.208. The highest BCUT2D eigenvalue weighted by Crippen LogP contribution is 2.13. The highest BCUT2D eigenvalue weighted by Gasteiger charge is 2.10. The van der Waals surface area contributed by atoms with Crippen LogP contribution in [0.3, 0.4) is 0 Å². The lowest BCUT2D eigenvalue weighted by atomic mass is 10.1. The molecule has 0 saturated carbocycles. The highest BCUT2D eigenvalue weighted by molar-refractivity contribution is 8.00. The number of carbonyl (C=O) groups is 2. The van der Waals surface area contributed by atoms with Gasteiger partial charge in [-0.25, -0.2) is 4.39 Å². The van der Waals surface area contributed by atoms with E-state index in [9.17, 15) is 14.0 Å². The van der Waals surface area contributed by atoms with Gasteiger partial charge < -0.3 is 5.32 Å². The number of amides is 1. The Kier molecular flexibility index (Phi) is 5.72. The van der Waals surface area contributed by atoms with Gasteiger partial charge in [-0.1, -0.05) is 18.2 Å². The molecule has 0 saturated heterocycles. The second-order valence-electron chi connectivity index (χ2n) is 4.79. The molecule has 0 fully saturated rings. The van der Waals surface area contributed by atoms with E-state index in [0.29, 0.717) is 11.1 Å². The molecule has 1 N–H and O–H groups in total. The molecule has 2 rings (SSSR count). The molecule has 1 amide bonds. The molecule has 114 valence electrons. The maximum atomic E-state index is 13.2. The van der Waals surface area contributed by atoms with Crippen molar-refractivity contribution in [3.8, 4) is 0 Å². The van der Waals surface area contributed by atoms with Crippen molar-refractivity contribution in [1.82, 2.24) is 0 Å². The van der Waals surface area contributed by atoms with Gasteiger partial charge in [-0.05, 0) is 42.8 Å². The van der Waals surface area contributed by atoms with Gasteiger partial charge in [0.25, 0.3) is 0 Å². The SMILES string of the molecule is Cc1cc(C(=O)CSCC(=O)Nc2ccccc2)ccc1F. The largest absolute Gasteiger partial charge is 0.325 e. The maximum Gasteiger partial charge on any atom is 0.234 e. The van der Waals surface area contributed by atoms with Crippen LogP contribution in [0.25, 0.3) is 0 Å². The summed E-state index contributed by atoms with van der Waals surface area (Å²) in [7, 11) is 0. The Morgan fingerprint density at radius 3 is 2.50 bits per heavy atom. The standard InChI is InChI=1S/C17H16FNO2S/c1-12-9-13(7-8-15(12)18)16(20)10-22-11-17(21)19-14-5-3-2-4-6-14/h2-9H,10-11H2,1H3,(H,19,21). The van der Waals surface area contributed by atoms with E-state index in [0.717, 1.165) is 5.69 Å². The van der Waals surface area contributed by atoms with Crippen LogP contribution in [0.5, 0.6) is 0 Å². The van der Waals surface area contributed by atoms with Gasteiger partial charge in [0.05, 0.1) is 11.5 Å². The first-order chi connectivity index (χ1) is 10.6. The lowest BCUT2D eigenvalue weighted by Gasteiger charge is -2.05. The van der Waals surface area contributed by atoms with Crippen molar-refractivity contribution in [2.45, 2.75) is 6.92 Å². The molecule has 22 heavy (non-hydrogen) atoms. The van der Waals surface area contributed by atoms with Crippen molar-refractivity contribution in [3.05, 3.63) is 65.5 Å². The Hall–Kier alpha value is -2.14. The average Bonchev–Trinajstić information content (AvgIpc) is 2.51. The predicted molar refractivity (Wildman–Crippen MR) is 87.9 cm³/mol. The third-order valence-electron chi connectivity index (χ3n) is 3.00. The number of benzene rings is 2. The number of carbonyl (C=O) groups excluding carboxylic acids is 2. The summed E-state index contributed by atoms with van der Waals surface area (Å²) in [6.45, 7) is 1.62. The van der Waals surface area contributed by atoms with Crippen molar-refractivity contribution in [1.29, 1.82) is 0 Å². The molecule has 2 aromatic rings. The Bertz CT molecular complexity index is 674. The van der Waals surface area contributed by atoms with E-state index in [-0.39, 0.29) is 29.0 Å². The second kappa shape index (κ2) is 7.75. The third-order valence-corrected chi connectivity index (χ3v) is 3.94. The van der Waals surface area contributed by atoms with E-state index < -0.39 is 0 Å². The summed E-state index contributed by atoms with van der Waals surface area (Å²) in [5.41, 5.74) is 1.64. The number of halogens is 1. The number of thioether (sulfide) groups is 1. The molecule has 0 aliphatic carbocycles. The van der Waals surface area contributed by atoms with Gasteiger partial charge in [-0.2, -0.15) is 0 Å². The first kappa shape index (κ1) is 16.2. The van der Waals surface area contributed by atoms with Crippen molar-refractivity contribution in [2.24, 2.45) is 0 Å². The van der Waals surface area contributed by atoms with Crippen molar-refractivity contribution < 1.29 is 14.0 Å². The van der Waals surface area contributed by atoms with Crippen LogP contribution >= 0.6 is 11.8 Å². The van der Waals surface area contributed by atoms with Gasteiger partial charge in [0.15, 0.2) is 5.78 Å². The fourth-order valence-corrected chi connectivity index (χ4v) is 2.57. The van der Waals surface area contributed by atoms with Gasteiger partial charge >= 0.3 is 0 Å². The molecule has 2 aromatic carbocycles. The molecule has 0 aliphatic heterocycles. The number of Topliss-reactive ketones (excluding diaryl/α,β-unsaturated/α-hetero) is 1. The van der Waals surface area contributed by atoms with Crippen LogP contribution in [0.15, 0.2) is 48.5 Å². The van der Waals surface area contributed by atoms with Gasteiger partial charge in [0.2, 0.25) is 5.91 Å². The third kappa shape index (κ3) is 4.70. The Balaban J connectivity index is 1.79. The molecular formula is C17H16FNO2S. The first-order valence-corrected chi connectivity index (χ1v) is 7.94. The number of aryl methyl sites for hydroxylation is 1. The number of hydrogen-bond donors (Lipinski definition) is 1. The smallest absolute Gasteiger partial charge is 0.234 e. The zero-order valence-electron chi connectivity index (χ0n) is 12.1. The monoisotopic (exact) mass is 317 g/mol. The van der Waals surface area contributed by atoms with E-state index in [4.69, 9.17) is 0 Å². The summed E-state index contributed by atoms with van der Waals surface area (Å²) >= 11 is 1.24. The van der Waals surface area contributed by atoms with Crippen LogP contribution in [-0.4, -0.2) is 23.2 Å². The number of para-hydroxylation sites is 1. The minimum absolute atomic E-state index is 0.111. The van der Waals surface area contributed by atoms with Crippen molar-refractivity contribution in [3.63, 3.8) is 0 Å². The lowest BCUT2D eigenvalue weighted by Crippen LogP contribution is -2.15. The lowest BCUT2D eigenvalue weighted by molar-refractivity contribution is -0.113. The van der Waals surface area contributed by atoms with E-state index in [1.54, 1.807) is 19.1 Å². The number of anilines is 1. The molecule has 0 bridgehead atoms. The molecule has 3 nitrogen and oxygen atoms in total. The van der Waals surface area contributed by atoms with Crippen LogP contribution in [0.2, 0.25) is 0 Å². The first-order valence-electron chi connectivity index (χ1n) is 6.78. The van der Waals surface area contributed by atoms with Crippen LogP contribution < -0.4 is 5.32 Å². The summed E-state index contributed by atoms with van der Waals surface area (Å²) in [4.78, 5) is 23.7. The number of nitrogens with one attached hydrogen (secondary N) is 1. The summed E-state index contributed by atoms with van der Waals surface area (Å²) in [5, 5.41) is 2.75. The number of rotatable bonds is 6. The molecule has 5 heteroatoms. The molecule has 0 radical (unpaired) electrons. The number of ketones is 1. The topological polar surface area (TPSA) is 46.2 Å². The molecule has 0 aliphatic rings. The Morgan fingerprint density at radius 2 is 1.82 bits per heavy atom. The van der Waals surface area contributed by atoms with Crippen LogP contribution in [0.4, 0.5) is 10.1 Å². The fraction of sp³-hybridized carbons (Fsp3) is 0.176. The summed E-state index contributed by atoms with van der Waals surface area (Å²) in [6.07, 6.45) is 0. The quantitative estimate of drug-likeness (QED) is 0.827. The van der Waals surface area contributed by atoms with E-state index in [1.807, 2.05) is 18.2 Å². The second-order valence-corrected chi connectivity index (χ2v) is 5.78. The molecule has 0 aromatic heterocycles. The Morgan fingerprint density at radius 1 is 1.09 bits per heavy atom. The fourth-order valence-electron chi connectivity index (χ4n) is 1.86. The van der Waals surface area contributed by atoms with Crippen molar-refractivity contribution >= 4 is 29.1 Å². The zero-order valence-corrected chi connectivity index (χ0v) is 13.0. The van der Waals surface area contributed by atoms with Crippen LogP contribution in [0, 0.1) is 12.7 Å². The van der Waals surface area contributed by atoms with Crippen LogP contribution in [0.1, 0.15) is 15.9 Å². The van der Waals surface area contributed by atoms with E-state index >= 15 is 0 Å². The molecule has 0 spiro atoms. The van der Waals surface area contributed by atoms with Gasteiger partial charge in [0, 0.05) is 11.3 Å². The van der Waals surface area contributed by atoms with E-state index in [1.165, 1.54) is 30.0 Å². The normalized spacial score (nSPS) is 10.3. The van der Waals surface area contributed by atoms with Crippen LogP contribution in [-0.2, 0) is 4.79 Å². The zero-order chi connectivity index (χ0) is 15.9. The van der Waals surface area contributed by atoms with Gasteiger partial charge in [-0.3, -0.25) is 9.59 Å². The molecule has 0 atom stereocenters. The maximum absolute atomic E-state index is 13.2. The van der Waals surface area contributed by atoms with Crippen molar-refractivity contribution in [2.75, 3.05) is 16.8 Å². The number of hydrogen-bond acceptors (Lipinski definition) is 3. The minimum atomic E-state index is -0.327. The summed E-state index contributed by atoms with van der Waals surface area (Å²) < 4.78 is 13.2. The minimum Gasteiger partial charge on any atom is -0.325 e. The van der Waals surface area contributed by atoms with Gasteiger partial charge in [0.1, 0.15) is 5.82 Å².